The molecule has 0 unspecified atom stereocenters. The lowest BCUT2D eigenvalue weighted by molar-refractivity contribution is 1.07. The zero-order valence-electron chi connectivity index (χ0n) is 30.0. The molecule has 0 spiro atoms. The van der Waals surface area contributed by atoms with E-state index in [2.05, 4.69) is 155 Å². The van der Waals surface area contributed by atoms with Gasteiger partial charge in [-0.3, -0.25) is 4.98 Å². The SMILES string of the molecule is c1ccc(-c2nc(-c3cc(-c4ccc(-c5ccncc5)cc4)cc(-n4c5ccccc5c5ccccc54)c3)nc(-c3cccc4sc5ccccc5c34)n2)cc1. The molecule has 4 aromatic heterocycles. The van der Waals surface area contributed by atoms with E-state index >= 15 is 0 Å². The first kappa shape index (κ1) is 32.2. The molecule has 11 aromatic rings. The van der Waals surface area contributed by atoms with E-state index in [0.29, 0.717) is 17.5 Å². The number of hydrogen-bond donors (Lipinski definition) is 0. The molecule has 0 amide bonds. The van der Waals surface area contributed by atoms with E-state index in [0.717, 1.165) is 55.7 Å². The zero-order valence-corrected chi connectivity index (χ0v) is 30.9. The molecule has 0 N–H and O–H groups in total. The average molecular weight is 734 g/mol. The molecule has 7 aromatic carbocycles. The summed E-state index contributed by atoms with van der Waals surface area (Å²) in [5.41, 5.74) is 10.6. The van der Waals surface area contributed by atoms with Crippen molar-refractivity contribution in [3.8, 4) is 62.1 Å². The van der Waals surface area contributed by atoms with Gasteiger partial charge in [0, 0.05) is 65.7 Å². The first-order valence-electron chi connectivity index (χ1n) is 18.6. The second-order valence-corrected chi connectivity index (χ2v) is 15.0. The number of fused-ring (bicyclic) bond motifs is 6. The van der Waals surface area contributed by atoms with Crippen LogP contribution in [0.1, 0.15) is 0 Å². The number of nitrogens with zero attached hydrogens (tertiary/aromatic N) is 5. The molecule has 0 fully saturated rings. The third kappa shape index (κ3) is 5.46. The molecule has 0 aliphatic carbocycles. The highest BCUT2D eigenvalue weighted by Gasteiger charge is 2.19. The van der Waals surface area contributed by atoms with Gasteiger partial charge in [0.15, 0.2) is 17.5 Å². The summed E-state index contributed by atoms with van der Waals surface area (Å²) in [6, 6.07) is 62.0. The topological polar surface area (TPSA) is 56.5 Å². The van der Waals surface area contributed by atoms with Crippen molar-refractivity contribution in [2.75, 3.05) is 0 Å². The molecule has 6 heteroatoms. The van der Waals surface area contributed by atoms with Crippen molar-refractivity contribution in [3.05, 3.63) is 188 Å². The summed E-state index contributed by atoms with van der Waals surface area (Å²) in [6.07, 6.45) is 3.66. The fraction of sp³-hybridized carbons (Fsp3) is 0. The summed E-state index contributed by atoms with van der Waals surface area (Å²) >= 11 is 1.80. The smallest absolute Gasteiger partial charge is 0.164 e. The largest absolute Gasteiger partial charge is 0.309 e. The molecule has 56 heavy (non-hydrogen) atoms. The van der Waals surface area contributed by atoms with E-state index in [1.807, 2.05) is 42.7 Å². The van der Waals surface area contributed by atoms with Crippen molar-refractivity contribution in [2.24, 2.45) is 0 Å². The molecule has 262 valence electrons. The molecule has 0 atom stereocenters. The van der Waals surface area contributed by atoms with Gasteiger partial charge in [0.1, 0.15) is 0 Å². The predicted molar refractivity (Wildman–Crippen MR) is 232 cm³/mol. The molecule has 0 radical (unpaired) electrons. The van der Waals surface area contributed by atoms with E-state index in [9.17, 15) is 0 Å². The predicted octanol–water partition coefficient (Wildman–Crippen LogP) is 13.1. The summed E-state index contributed by atoms with van der Waals surface area (Å²) in [6.45, 7) is 0. The van der Waals surface area contributed by atoms with Crippen LogP contribution in [0.25, 0.3) is 104 Å². The Kier molecular flexibility index (Phi) is 7.60. The van der Waals surface area contributed by atoms with Crippen LogP contribution in [0.15, 0.2) is 188 Å². The first-order chi connectivity index (χ1) is 27.7. The monoisotopic (exact) mass is 733 g/mol. The van der Waals surface area contributed by atoms with Gasteiger partial charge < -0.3 is 4.57 Å². The summed E-state index contributed by atoms with van der Waals surface area (Å²) in [7, 11) is 0. The Morgan fingerprint density at radius 1 is 0.375 bits per heavy atom. The Hall–Kier alpha value is -7.28. The Labute approximate surface area is 326 Å². The van der Waals surface area contributed by atoms with Crippen LogP contribution in [0.5, 0.6) is 0 Å². The number of pyridine rings is 1. The second kappa shape index (κ2) is 13.2. The summed E-state index contributed by atoms with van der Waals surface area (Å²) in [5.74, 6) is 1.89. The standard InChI is InChI=1S/C50H31N5S/c1-2-11-35(12-3-1)48-52-49(54-50(53-48)42-16-10-20-46-47(42)41-15-6-9-19-45(41)56-46)37-29-36(33-23-21-32(22-24-33)34-25-27-51-28-26-34)30-38(31-37)55-43-17-7-4-13-39(43)40-14-5-8-18-44(40)55/h1-31H. The lowest BCUT2D eigenvalue weighted by Gasteiger charge is -2.15. The van der Waals surface area contributed by atoms with E-state index in [1.165, 1.54) is 30.9 Å². The van der Waals surface area contributed by atoms with Crippen LogP contribution in [-0.2, 0) is 0 Å². The second-order valence-electron chi connectivity index (χ2n) is 13.9. The van der Waals surface area contributed by atoms with Gasteiger partial charge in [-0.1, -0.05) is 121 Å². The van der Waals surface area contributed by atoms with Crippen LogP contribution in [0.4, 0.5) is 0 Å². The van der Waals surface area contributed by atoms with Crippen LogP contribution in [0.2, 0.25) is 0 Å². The average Bonchev–Trinajstić information content (AvgIpc) is 3.83. The van der Waals surface area contributed by atoms with Crippen LogP contribution in [0, 0.1) is 0 Å². The van der Waals surface area contributed by atoms with Gasteiger partial charge in [-0.25, -0.2) is 15.0 Å². The summed E-state index contributed by atoms with van der Waals surface area (Å²) in [5, 5.41) is 4.79. The molecule has 0 aliphatic rings. The normalized spacial score (nSPS) is 11.6. The van der Waals surface area contributed by atoms with Crippen molar-refractivity contribution < 1.29 is 0 Å². The van der Waals surface area contributed by atoms with Crippen LogP contribution >= 0.6 is 11.3 Å². The van der Waals surface area contributed by atoms with Crippen molar-refractivity contribution in [1.82, 2.24) is 24.5 Å². The van der Waals surface area contributed by atoms with E-state index in [4.69, 9.17) is 15.0 Å². The first-order valence-corrected chi connectivity index (χ1v) is 19.4. The lowest BCUT2D eigenvalue weighted by atomic mass is 9.98. The van der Waals surface area contributed by atoms with Gasteiger partial charge in [0.05, 0.1) is 11.0 Å². The van der Waals surface area contributed by atoms with E-state index in [1.54, 1.807) is 11.3 Å². The van der Waals surface area contributed by atoms with Crippen LogP contribution < -0.4 is 0 Å². The minimum atomic E-state index is 0.614. The number of hydrogen-bond acceptors (Lipinski definition) is 5. The molecule has 11 rings (SSSR count). The number of rotatable bonds is 6. The molecular formula is C50H31N5S. The van der Waals surface area contributed by atoms with Gasteiger partial charge in [0.2, 0.25) is 0 Å². The van der Waals surface area contributed by atoms with Crippen LogP contribution in [-0.4, -0.2) is 24.5 Å². The molecule has 0 saturated heterocycles. The Balaban J connectivity index is 1.17. The maximum atomic E-state index is 5.34. The quantitative estimate of drug-likeness (QED) is 0.171. The zero-order chi connectivity index (χ0) is 37.0. The molecular weight excluding hydrogens is 703 g/mol. The van der Waals surface area contributed by atoms with Crippen molar-refractivity contribution >= 4 is 53.3 Å². The highest BCUT2D eigenvalue weighted by molar-refractivity contribution is 7.25. The van der Waals surface area contributed by atoms with Gasteiger partial charge in [-0.2, -0.15) is 0 Å². The minimum Gasteiger partial charge on any atom is -0.309 e. The Bertz CT molecular complexity index is 3190. The third-order valence-electron chi connectivity index (χ3n) is 10.6. The number of benzene rings is 7. The highest BCUT2D eigenvalue weighted by atomic mass is 32.1. The van der Waals surface area contributed by atoms with Gasteiger partial charge >= 0.3 is 0 Å². The van der Waals surface area contributed by atoms with Gasteiger partial charge in [-0.15, -0.1) is 11.3 Å². The lowest BCUT2D eigenvalue weighted by Crippen LogP contribution is -2.02. The fourth-order valence-corrected chi connectivity index (χ4v) is 9.07. The minimum absolute atomic E-state index is 0.614. The van der Waals surface area contributed by atoms with Crippen molar-refractivity contribution in [2.45, 2.75) is 0 Å². The van der Waals surface area contributed by atoms with Crippen molar-refractivity contribution in [1.29, 1.82) is 0 Å². The maximum Gasteiger partial charge on any atom is 0.164 e. The molecule has 0 aliphatic heterocycles. The molecule has 4 heterocycles. The molecule has 5 nitrogen and oxygen atoms in total. The Morgan fingerprint density at radius 3 is 1.66 bits per heavy atom. The number of para-hydroxylation sites is 2. The fourth-order valence-electron chi connectivity index (χ4n) is 7.94. The molecule has 0 saturated carbocycles. The van der Waals surface area contributed by atoms with Gasteiger partial charge in [0.25, 0.3) is 0 Å². The summed E-state index contributed by atoms with van der Waals surface area (Å²) < 4.78 is 4.81. The highest BCUT2D eigenvalue weighted by Crippen LogP contribution is 2.41. The third-order valence-corrected chi connectivity index (χ3v) is 11.7. The Morgan fingerprint density at radius 2 is 0.929 bits per heavy atom. The molecule has 0 bridgehead atoms. The number of aromatic nitrogens is 5. The number of thiophene rings is 1. The van der Waals surface area contributed by atoms with E-state index < -0.39 is 0 Å². The van der Waals surface area contributed by atoms with E-state index in [-0.39, 0.29) is 0 Å². The van der Waals surface area contributed by atoms with Crippen LogP contribution in [0.3, 0.4) is 0 Å². The van der Waals surface area contributed by atoms with Gasteiger partial charge in [-0.05, 0) is 76.9 Å². The van der Waals surface area contributed by atoms with Crippen molar-refractivity contribution in [3.63, 3.8) is 0 Å². The summed E-state index contributed by atoms with van der Waals surface area (Å²) in [4.78, 5) is 20.0. The maximum absolute atomic E-state index is 5.34.